The fraction of sp³-hybridized carbons (Fsp3) is 0.714. The van der Waals surface area contributed by atoms with E-state index < -0.39 is 12.7 Å². The Morgan fingerprint density at radius 1 is 1.28 bits per heavy atom. The van der Waals surface area contributed by atoms with Crippen LogP contribution in [0.15, 0.2) is 23.3 Å². The lowest BCUT2D eigenvalue weighted by molar-refractivity contribution is -0.130. The van der Waals surface area contributed by atoms with Gasteiger partial charge in [-0.3, -0.25) is 9.59 Å². The van der Waals surface area contributed by atoms with E-state index in [-0.39, 0.29) is 28.3 Å². The average molecular weight is 344 g/mol. The van der Waals surface area contributed by atoms with E-state index >= 15 is 0 Å². The van der Waals surface area contributed by atoms with Crippen molar-refractivity contribution in [2.75, 3.05) is 6.61 Å². The topological polar surface area (TPSA) is 74.6 Å². The fourth-order valence-corrected chi connectivity index (χ4v) is 6.77. The van der Waals surface area contributed by atoms with Gasteiger partial charge in [0.2, 0.25) is 0 Å². The molecule has 0 aromatic rings. The van der Waals surface area contributed by atoms with Crippen LogP contribution in [0.3, 0.4) is 0 Å². The monoisotopic (exact) mass is 344 g/mol. The van der Waals surface area contributed by atoms with Gasteiger partial charge in [-0.2, -0.15) is 0 Å². The van der Waals surface area contributed by atoms with Gasteiger partial charge >= 0.3 is 0 Å². The number of carbonyl (C=O) groups excluding carboxylic acids is 2. The van der Waals surface area contributed by atoms with Gasteiger partial charge in [0.05, 0.1) is 6.10 Å². The molecular weight excluding hydrogens is 316 g/mol. The average Bonchev–Trinajstić information content (AvgIpc) is 2.91. The van der Waals surface area contributed by atoms with Crippen molar-refractivity contribution >= 4 is 11.6 Å². The zero-order valence-electron chi connectivity index (χ0n) is 15.1. The molecule has 4 rings (SSSR count). The Hall–Kier alpha value is -1.26. The number of carbonyl (C=O) groups is 2. The van der Waals surface area contributed by atoms with Crippen LogP contribution in [0, 0.1) is 28.6 Å². The van der Waals surface area contributed by atoms with Gasteiger partial charge in [-0.25, -0.2) is 0 Å². The highest BCUT2D eigenvalue weighted by molar-refractivity contribution is 5.98. The second-order valence-electron chi connectivity index (χ2n) is 9.01. The minimum Gasteiger partial charge on any atom is -0.393 e. The highest BCUT2D eigenvalue weighted by Crippen LogP contribution is 2.65. The zero-order valence-corrected chi connectivity index (χ0v) is 15.1. The van der Waals surface area contributed by atoms with E-state index in [9.17, 15) is 19.8 Å². The molecule has 4 aliphatic rings. The van der Waals surface area contributed by atoms with E-state index in [0.717, 1.165) is 31.3 Å². The first-order valence-corrected chi connectivity index (χ1v) is 9.58. The van der Waals surface area contributed by atoms with Crippen molar-refractivity contribution in [2.24, 2.45) is 28.6 Å². The molecule has 2 saturated carbocycles. The van der Waals surface area contributed by atoms with Gasteiger partial charge in [0.1, 0.15) is 6.61 Å². The summed E-state index contributed by atoms with van der Waals surface area (Å²) in [4.78, 5) is 24.1. The number of aliphatic hydroxyl groups excluding tert-OH is 2. The lowest BCUT2D eigenvalue weighted by Crippen LogP contribution is -2.56. The molecule has 0 heterocycles. The zero-order chi connectivity index (χ0) is 18.0. The molecule has 25 heavy (non-hydrogen) atoms. The number of Topliss-reactive ketones (excluding diaryl/α,β-unsaturated/α-hetero) is 1. The second-order valence-corrected chi connectivity index (χ2v) is 9.01. The van der Waals surface area contributed by atoms with Crippen molar-refractivity contribution in [2.45, 2.75) is 58.5 Å². The summed E-state index contributed by atoms with van der Waals surface area (Å²) in [6, 6.07) is 0. The van der Waals surface area contributed by atoms with Crippen LogP contribution in [0.2, 0.25) is 0 Å². The number of rotatable bonds is 2. The first-order chi connectivity index (χ1) is 11.8. The van der Waals surface area contributed by atoms with Crippen LogP contribution < -0.4 is 0 Å². The van der Waals surface area contributed by atoms with Gasteiger partial charge in [-0.05, 0) is 66.9 Å². The van der Waals surface area contributed by atoms with Gasteiger partial charge in [0.25, 0.3) is 0 Å². The summed E-state index contributed by atoms with van der Waals surface area (Å²) in [6.07, 6.45) is 8.12. The van der Waals surface area contributed by atoms with E-state index in [0.29, 0.717) is 24.7 Å². The Morgan fingerprint density at radius 3 is 2.76 bits per heavy atom. The number of hydrogen-bond acceptors (Lipinski definition) is 4. The summed E-state index contributed by atoms with van der Waals surface area (Å²) in [7, 11) is 0. The van der Waals surface area contributed by atoms with E-state index in [2.05, 4.69) is 13.8 Å². The molecule has 4 nitrogen and oxygen atoms in total. The van der Waals surface area contributed by atoms with Crippen LogP contribution in [0.4, 0.5) is 0 Å². The minimum atomic E-state index is -0.471. The maximum absolute atomic E-state index is 12.2. The Bertz CT molecular complexity index is 690. The maximum Gasteiger partial charge on any atom is 0.184 e. The molecule has 2 fully saturated rings. The molecule has 0 amide bonds. The molecule has 0 aromatic carbocycles. The van der Waals surface area contributed by atoms with Crippen molar-refractivity contribution in [3.05, 3.63) is 23.3 Å². The summed E-state index contributed by atoms with van der Waals surface area (Å²) in [5.41, 5.74) is 1.53. The minimum absolute atomic E-state index is 0.0959. The first kappa shape index (κ1) is 17.2. The van der Waals surface area contributed by atoms with E-state index in [1.807, 2.05) is 12.2 Å². The summed E-state index contributed by atoms with van der Waals surface area (Å²) >= 11 is 0. The molecule has 0 aliphatic heterocycles. The third-order valence-electron chi connectivity index (χ3n) is 7.92. The summed E-state index contributed by atoms with van der Waals surface area (Å²) < 4.78 is 0. The van der Waals surface area contributed by atoms with Crippen LogP contribution in [0.25, 0.3) is 0 Å². The SMILES string of the molecule is C[C@]12CCC(=O)C=C1CC[C@@H]1[C@@H]2[C@@H](O)C[C@]2(C)C(C(=O)CO)=CC[C@@H]12. The van der Waals surface area contributed by atoms with E-state index in [4.69, 9.17) is 0 Å². The van der Waals surface area contributed by atoms with Gasteiger partial charge in [-0.15, -0.1) is 0 Å². The van der Waals surface area contributed by atoms with Crippen LogP contribution in [0.5, 0.6) is 0 Å². The van der Waals surface area contributed by atoms with Gasteiger partial charge in [-0.1, -0.05) is 25.5 Å². The van der Waals surface area contributed by atoms with Crippen molar-refractivity contribution in [1.29, 1.82) is 0 Å². The number of allylic oxidation sites excluding steroid dienone is 3. The molecule has 4 aliphatic carbocycles. The van der Waals surface area contributed by atoms with Crippen LogP contribution in [-0.2, 0) is 9.59 Å². The first-order valence-electron chi connectivity index (χ1n) is 9.58. The van der Waals surface area contributed by atoms with Crippen LogP contribution in [0.1, 0.15) is 52.4 Å². The lowest BCUT2D eigenvalue weighted by Gasteiger charge is -2.59. The Kier molecular flexibility index (Phi) is 3.86. The van der Waals surface area contributed by atoms with Crippen molar-refractivity contribution in [1.82, 2.24) is 0 Å². The molecule has 4 heteroatoms. The smallest absolute Gasteiger partial charge is 0.184 e. The van der Waals surface area contributed by atoms with E-state index in [1.54, 1.807) is 0 Å². The molecule has 6 atom stereocenters. The molecule has 2 N–H and O–H groups in total. The number of hydrogen-bond donors (Lipinski definition) is 2. The Morgan fingerprint density at radius 2 is 2.04 bits per heavy atom. The third kappa shape index (κ3) is 2.26. The normalized spacial score (nSPS) is 45.8. The molecule has 0 radical (unpaired) electrons. The van der Waals surface area contributed by atoms with Gasteiger partial charge in [0.15, 0.2) is 11.6 Å². The van der Waals surface area contributed by atoms with E-state index in [1.165, 1.54) is 5.57 Å². The number of fused-ring (bicyclic) bond motifs is 5. The predicted molar refractivity (Wildman–Crippen MR) is 93.7 cm³/mol. The molecule has 0 spiro atoms. The van der Waals surface area contributed by atoms with Gasteiger partial charge < -0.3 is 10.2 Å². The summed E-state index contributed by atoms with van der Waals surface area (Å²) in [5.74, 6) is 0.906. The standard InChI is InChI=1S/C21H28O4/c1-20-8-7-13(23)9-12(20)3-4-14-15-5-6-16(18(25)11-22)21(15,2)10-17(24)19(14)20/h6,9,14-15,17,19,22,24H,3-5,7-8,10-11H2,1-2H3/t14-,15-,17-,19+,20-,21-/m0/s1. The highest BCUT2D eigenvalue weighted by atomic mass is 16.3. The van der Waals surface area contributed by atoms with Crippen molar-refractivity contribution < 1.29 is 19.8 Å². The summed E-state index contributed by atoms with van der Waals surface area (Å²) in [6.45, 7) is 3.88. The van der Waals surface area contributed by atoms with Crippen LogP contribution >= 0.6 is 0 Å². The molecule has 0 unspecified atom stereocenters. The fourth-order valence-electron chi connectivity index (χ4n) is 6.77. The number of ketones is 2. The van der Waals surface area contributed by atoms with Crippen molar-refractivity contribution in [3.8, 4) is 0 Å². The second kappa shape index (κ2) is 5.62. The Labute approximate surface area is 149 Å². The van der Waals surface area contributed by atoms with Gasteiger partial charge in [0, 0.05) is 11.8 Å². The third-order valence-corrected chi connectivity index (χ3v) is 7.92. The largest absolute Gasteiger partial charge is 0.393 e. The Balaban J connectivity index is 1.71. The number of aliphatic hydroxyl groups is 2. The predicted octanol–water partition coefficient (Wildman–Crippen LogP) is 2.59. The quantitative estimate of drug-likeness (QED) is 0.807. The van der Waals surface area contributed by atoms with Crippen molar-refractivity contribution in [3.63, 3.8) is 0 Å². The highest BCUT2D eigenvalue weighted by Gasteiger charge is 2.60. The molecule has 0 bridgehead atoms. The van der Waals surface area contributed by atoms with Crippen LogP contribution in [-0.4, -0.2) is 34.5 Å². The maximum atomic E-state index is 12.2. The molecule has 136 valence electrons. The summed E-state index contributed by atoms with van der Waals surface area (Å²) in [5, 5.41) is 20.5. The lowest BCUT2D eigenvalue weighted by atomic mass is 9.46. The molecule has 0 aromatic heterocycles. The molecular formula is C21H28O4. The molecule has 0 saturated heterocycles.